The third-order valence-electron chi connectivity index (χ3n) is 2.87. The Balaban J connectivity index is 1.97. The van der Waals surface area contributed by atoms with Gasteiger partial charge in [0.05, 0.1) is 5.69 Å². The van der Waals surface area contributed by atoms with Gasteiger partial charge in [0.1, 0.15) is 10.8 Å². The van der Waals surface area contributed by atoms with Gasteiger partial charge in [-0.2, -0.15) is 0 Å². The number of hydrogen-bond acceptors (Lipinski definition) is 4. The number of thiazole rings is 1. The number of aromatic nitrogens is 2. The lowest BCUT2D eigenvalue weighted by Gasteiger charge is -2.07. The van der Waals surface area contributed by atoms with Crippen LogP contribution in [-0.2, 0) is 6.42 Å². The molecule has 104 valence electrons. The van der Waals surface area contributed by atoms with Crippen LogP contribution >= 0.6 is 23.1 Å². The van der Waals surface area contributed by atoms with Crippen molar-refractivity contribution in [2.45, 2.75) is 29.3 Å². The van der Waals surface area contributed by atoms with Gasteiger partial charge in [0, 0.05) is 28.9 Å². The first-order valence-electron chi connectivity index (χ1n) is 6.27. The Labute approximate surface area is 124 Å². The van der Waals surface area contributed by atoms with Gasteiger partial charge in [0.25, 0.3) is 0 Å². The van der Waals surface area contributed by atoms with E-state index < -0.39 is 0 Å². The average molecular weight is 307 g/mol. The summed E-state index contributed by atoms with van der Waals surface area (Å²) in [6.45, 7) is 1.98. The van der Waals surface area contributed by atoms with Crippen molar-refractivity contribution in [3.8, 4) is 0 Å². The number of rotatable bonds is 4. The normalized spacial score (nSPS) is 12.9. The van der Waals surface area contributed by atoms with Crippen LogP contribution in [0.4, 0.5) is 4.39 Å². The molecule has 0 aliphatic heterocycles. The Kier molecular flexibility index (Phi) is 3.78. The first kappa shape index (κ1) is 13.6. The van der Waals surface area contributed by atoms with Crippen molar-refractivity contribution in [2.75, 3.05) is 0 Å². The SMILES string of the molecule is CC(N)Cc1c(Sc2ccc(F)cc2)nc2sccn12. The van der Waals surface area contributed by atoms with Crippen LogP contribution in [0.25, 0.3) is 4.96 Å². The molecule has 0 radical (unpaired) electrons. The molecule has 0 fully saturated rings. The van der Waals surface area contributed by atoms with Gasteiger partial charge in [-0.3, -0.25) is 4.40 Å². The Morgan fingerprint density at radius 3 is 2.85 bits per heavy atom. The van der Waals surface area contributed by atoms with E-state index in [4.69, 9.17) is 5.73 Å². The van der Waals surface area contributed by atoms with E-state index in [2.05, 4.69) is 9.38 Å². The highest BCUT2D eigenvalue weighted by Crippen LogP contribution is 2.32. The van der Waals surface area contributed by atoms with E-state index in [1.807, 2.05) is 18.5 Å². The van der Waals surface area contributed by atoms with Crippen LogP contribution in [0.2, 0.25) is 0 Å². The van der Waals surface area contributed by atoms with Gasteiger partial charge >= 0.3 is 0 Å². The van der Waals surface area contributed by atoms with Crippen LogP contribution in [0, 0.1) is 5.82 Å². The van der Waals surface area contributed by atoms with Crippen LogP contribution < -0.4 is 5.73 Å². The molecule has 0 aliphatic rings. The fourth-order valence-corrected chi connectivity index (χ4v) is 3.72. The van der Waals surface area contributed by atoms with Crippen molar-refractivity contribution < 1.29 is 4.39 Å². The monoisotopic (exact) mass is 307 g/mol. The van der Waals surface area contributed by atoms with Crippen molar-refractivity contribution in [2.24, 2.45) is 5.73 Å². The maximum atomic E-state index is 13.0. The summed E-state index contributed by atoms with van der Waals surface area (Å²) in [4.78, 5) is 6.58. The summed E-state index contributed by atoms with van der Waals surface area (Å²) in [7, 11) is 0. The number of hydrogen-bond donors (Lipinski definition) is 1. The number of nitrogens with two attached hydrogens (primary N) is 1. The molecule has 0 spiro atoms. The molecule has 2 heterocycles. The Morgan fingerprint density at radius 1 is 1.40 bits per heavy atom. The lowest BCUT2D eigenvalue weighted by Crippen LogP contribution is -2.19. The summed E-state index contributed by atoms with van der Waals surface area (Å²) in [6.07, 6.45) is 2.78. The molecule has 0 amide bonds. The number of halogens is 1. The predicted molar refractivity (Wildman–Crippen MR) is 80.9 cm³/mol. The van der Waals surface area contributed by atoms with Crippen molar-refractivity contribution in [3.63, 3.8) is 0 Å². The minimum atomic E-state index is -0.226. The van der Waals surface area contributed by atoms with Crippen LogP contribution in [0.1, 0.15) is 12.6 Å². The highest BCUT2D eigenvalue weighted by atomic mass is 32.2. The van der Waals surface area contributed by atoms with E-state index in [0.717, 1.165) is 27.0 Å². The molecule has 3 aromatic rings. The van der Waals surface area contributed by atoms with Crippen LogP contribution in [0.5, 0.6) is 0 Å². The van der Waals surface area contributed by atoms with Gasteiger partial charge in [-0.05, 0) is 31.2 Å². The van der Waals surface area contributed by atoms with Gasteiger partial charge in [-0.1, -0.05) is 11.8 Å². The molecular weight excluding hydrogens is 293 g/mol. The second kappa shape index (κ2) is 5.55. The highest BCUT2D eigenvalue weighted by molar-refractivity contribution is 7.99. The number of fused-ring (bicyclic) bond motifs is 1. The lowest BCUT2D eigenvalue weighted by atomic mass is 10.2. The van der Waals surface area contributed by atoms with E-state index in [-0.39, 0.29) is 11.9 Å². The van der Waals surface area contributed by atoms with E-state index >= 15 is 0 Å². The van der Waals surface area contributed by atoms with Gasteiger partial charge < -0.3 is 5.73 Å². The zero-order valence-electron chi connectivity index (χ0n) is 10.9. The third-order valence-corrected chi connectivity index (χ3v) is 4.65. The second-order valence-corrected chi connectivity index (χ2v) is 6.59. The van der Waals surface area contributed by atoms with Gasteiger partial charge in [-0.25, -0.2) is 9.37 Å². The Hall–Kier alpha value is -1.37. The molecule has 0 bridgehead atoms. The third kappa shape index (κ3) is 2.72. The fraction of sp³-hybridized carbons (Fsp3) is 0.214. The average Bonchev–Trinajstić information content (AvgIpc) is 2.96. The summed E-state index contributed by atoms with van der Waals surface area (Å²) in [6, 6.07) is 6.53. The van der Waals surface area contributed by atoms with Gasteiger partial charge in [0.15, 0.2) is 4.96 Å². The van der Waals surface area contributed by atoms with E-state index in [1.54, 1.807) is 35.2 Å². The van der Waals surface area contributed by atoms with Crippen molar-refractivity contribution in [3.05, 3.63) is 47.4 Å². The van der Waals surface area contributed by atoms with Crippen LogP contribution in [0.15, 0.2) is 45.8 Å². The minimum absolute atomic E-state index is 0.0716. The Morgan fingerprint density at radius 2 is 2.15 bits per heavy atom. The molecule has 3 nitrogen and oxygen atoms in total. The molecule has 1 unspecified atom stereocenters. The zero-order valence-corrected chi connectivity index (χ0v) is 12.5. The molecule has 6 heteroatoms. The van der Waals surface area contributed by atoms with Crippen molar-refractivity contribution >= 4 is 28.1 Å². The molecule has 1 atom stereocenters. The molecule has 20 heavy (non-hydrogen) atoms. The fourth-order valence-electron chi connectivity index (χ4n) is 2.00. The highest BCUT2D eigenvalue weighted by Gasteiger charge is 2.15. The smallest absolute Gasteiger partial charge is 0.194 e. The van der Waals surface area contributed by atoms with Crippen LogP contribution in [0.3, 0.4) is 0 Å². The van der Waals surface area contributed by atoms with E-state index in [9.17, 15) is 4.39 Å². The molecule has 1 aromatic carbocycles. The molecule has 3 rings (SSSR count). The predicted octanol–water partition coefficient (Wildman–Crippen LogP) is 3.58. The largest absolute Gasteiger partial charge is 0.328 e. The summed E-state index contributed by atoms with van der Waals surface area (Å²) < 4.78 is 15.0. The quantitative estimate of drug-likeness (QED) is 0.801. The number of imidazole rings is 1. The van der Waals surface area contributed by atoms with Crippen LogP contribution in [-0.4, -0.2) is 15.4 Å². The maximum absolute atomic E-state index is 13.0. The van der Waals surface area contributed by atoms with Gasteiger partial charge in [0.2, 0.25) is 0 Å². The standard InChI is InChI=1S/C14H14FN3S2/c1-9(16)8-12-13(17-14-18(12)6-7-19-14)20-11-4-2-10(15)3-5-11/h2-7,9H,8,16H2,1H3. The van der Waals surface area contributed by atoms with Crippen molar-refractivity contribution in [1.82, 2.24) is 9.38 Å². The molecule has 0 aliphatic carbocycles. The molecule has 0 saturated carbocycles. The molecule has 0 saturated heterocycles. The van der Waals surface area contributed by atoms with E-state index in [1.165, 1.54) is 12.1 Å². The Bertz CT molecular complexity index is 716. The molecule has 2 N–H and O–H groups in total. The molecular formula is C14H14FN3S2. The summed E-state index contributed by atoms with van der Waals surface area (Å²) in [5.41, 5.74) is 7.05. The maximum Gasteiger partial charge on any atom is 0.194 e. The topological polar surface area (TPSA) is 43.3 Å². The lowest BCUT2D eigenvalue weighted by molar-refractivity contribution is 0.626. The minimum Gasteiger partial charge on any atom is -0.328 e. The zero-order chi connectivity index (χ0) is 14.1. The number of benzene rings is 1. The van der Waals surface area contributed by atoms with E-state index in [0.29, 0.717) is 0 Å². The first-order chi connectivity index (χ1) is 9.63. The summed E-state index contributed by atoms with van der Waals surface area (Å²) in [5, 5.41) is 2.96. The second-order valence-electron chi connectivity index (χ2n) is 4.66. The van der Waals surface area contributed by atoms with Gasteiger partial charge in [-0.15, -0.1) is 11.3 Å². The summed E-state index contributed by atoms with van der Waals surface area (Å²) >= 11 is 3.15. The number of nitrogens with zero attached hydrogens (tertiary/aromatic N) is 2. The molecule has 2 aromatic heterocycles. The first-order valence-corrected chi connectivity index (χ1v) is 7.96. The summed E-state index contributed by atoms with van der Waals surface area (Å²) in [5.74, 6) is -0.226. The van der Waals surface area contributed by atoms with Crippen molar-refractivity contribution in [1.29, 1.82) is 0 Å².